The molecular formula is C15H18N4O5S. The molecule has 2 rings (SSSR count). The average molecular weight is 366 g/mol. The number of amides is 1. The lowest BCUT2D eigenvalue weighted by molar-refractivity contribution is 0.0701. The lowest BCUT2D eigenvalue weighted by atomic mass is 10.3. The van der Waals surface area contributed by atoms with Gasteiger partial charge in [0.15, 0.2) is 0 Å². The number of aromatic nitrogens is 3. The monoisotopic (exact) mass is 366 g/mol. The van der Waals surface area contributed by atoms with Gasteiger partial charge in [-0.25, -0.2) is 14.5 Å². The molecule has 1 unspecified atom stereocenters. The van der Waals surface area contributed by atoms with E-state index in [2.05, 4.69) is 15.4 Å². The standard InChI is InChI=1S/C15H18N4O5S/c1-8-12(15(22)23)25-14(17-8)9(2)16-13(21)10-4-5-11(20)19(18-10)6-7-24-3/h4-5,9H,6-7H2,1-3H3,(H,16,21)(H,22,23). The number of nitrogens with zero attached hydrogens (tertiary/aromatic N) is 3. The van der Waals surface area contributed by atoms with Crippen LogP contribution in [0.5, 0.6) is 0 Å². The molecule has 1 atom stereocenters. The molecule has 2 aromatic rings. The van der Waals surface area contributed by atoms with Gasteiger partial charge in [0, 0.05) is 13.2 Å². The molecule has 0 fully saturated rings. The van der Waals surface area contributed by atoms with Crippen LogP contribution in [-0.2, 0) is 11.3 Å². The number of hydrogen-bond donors (Lipinski definition) is 2. The Morgan fingerprint density at radius 2 is 2.16 bits per heavy atom. The van der Waals surface area contributed by atoms with Crippen molar-refractivity contribution in [1.29, 1.82) is 0 Å². The molecule has 0 bridgehead atoms. The van der Waals surface area contributed by atoms with E-state index in [1.54, 1.807) is 13.8 Å². The maximum atomic E-state index is 12.3. The number of aryl methyl sites for hydroxylation is 1. The van der Waals surface area contributed by atoms with Crippen LogP contribution in [0.1, 0.15) is 43.8 Å². The fraction of sp³-hybridized carbons (Fsp3) is 0.400. The molecule has 0 saturated heterocycles. The second-order valence-electron chi connectivity index (χ2n) is 5.24. The summed E-state index contributed by atoms with van der Waals surface area (Å²) >= 11 is 1.01. The van der Waals surface area contributed by atoms with Gasteiger partial charge in [0.1, 0.15) is 15.6 Å². The molecule has 2 heterocycles. The largest absolute Gasteiger partial charge is 0.477 e. The SMILES string of the molecule is COCCn1nc(C(=O)NC(C)c2nc(C)c(C(=O)O)s2)ccc1=O. The van der Waals surface area contributed by atoms with Crippen molar-refractivity contribution in [3.05, 3.63) is 43.8 Å². The van der Waals surface area contributed by atoms with Crippen LogP contribution in [0.3, 0.4) is 0 Å². The third kappa shape index (κ3) is 4.48. The van der Waals surface area contributed by atoms with Crippen molar-refractivity contribution >= 4 is 23.2 Å². The number of hydrogen-bond acceptors (Lipinski definition) is 7. The van der Waals surface area contributed by atoms with Crippen molar-refractivity contribution in [2.24, 2.45) is 0 Å². The van der Waals surface area contributed by atoms with Gasteiger partial charge in [-0.2, -0.15) is 5.10 Å². The normalized spacial score (nSPS) is 12.0. The number of aromatic carboxylic acids is 1. The second-order valence-corrected chi connectivity index (χ2v) is 6.27. The van der Waals surface area contributed by atoms with E-state index in [4.69, 9.17) is 9.84 Å². The zero-order chi connectivity index (χ0) is 18.6. The number of thiazole rings is 1. The number of carbonyl (C=O) groups is 2. The highest BCUT2D eigenvalue weighted by atomic mass is 32.1. The Bertz CT molecular complexity index is 845. The first kappa shape index (κ1) is 18.7. The van der Waals surface area contributed by atoms with E-state index in [-0.39, 0.29) is 22.7 Å². The number of ether oxygens (including phenoxy) is 1. The number of carboxylic acids is 1. The first-order chi connectivity index (χ1) is 11.8. The second kappa shape index (κ2) is 7.99. The van der Waals surface area contributed by atoms with Gasteiger partial charge < -0.3 is 15.2 Å². The lowest BCUT2D eigenvalue weighted by Gasteiger charge is -2.11. The molecule has 0 radical (unpaired) electrons. The van der Waals surface area contributed by atoms with E-state index in [9.17, 15) is 14.4 Å². The molecule has 2 aromatic heterocycles. The van der Waals surface area contributed by atoms with Crippen molar-refractivity contribution in [2.45, 2.75) is 26.4 Å². The molecule has 2 N–H and O–H groups in total. The Morgan fingerprint density at radius 3 is 2.76 bits per heavy atom. The Balaban J connectivity index is 2.14. The van der Waals surface area contributed by atoms with Crippen LogP contribution in [0, 0.1) is 6.92 Å². The molecule has 0 aromatic carbocycles. The summed E-state index contributed by atoms with van der Waals surface area (Å²) in [6.07, 6.45) is 0. The maximum absolute atomic E-state index is 12.3. The molecule has 0 aliphatic heterocycles. The summed E-state index contributed by atoms with van der Waals surface area (Å²) in [6.45, 7) is 3.83. The van der Waals surface area contributed by atoms with Gasteiger partial charge in [0.2, 0.25) is 0 Å². The minimum atomic E-state index is -1.05. The van der Waals surface area contributed by atoms with Crippen molar-refractivity contribution < 1.29 is 19.4 Å². The van der Waals surface area contributed by atoms with E-state index in [1.807, 2.05) is 0 Å². The summed E-state index contributed by atoms with van der Waals surface area (Å²) in [5.41, 5.74) is 0.150. The predicted octanol–water partition coefficient (Wildman–Crippen LogP) is 0.844. The Morgan fingerprint density at radius 1 is 1.44 bits per heavy atom. The van der Waals surface area contributed by atoms with Crippen LogP contribution in [0.25, 0.3) is 0 Å². The molecule has 0 aliphatic rings. The molecule has 0 aliphatic carbocycles. The van der Waals surface area contributed by atoms with Crippen LogP contribution in [0.4, 0.5) is 0 Å². The van der Waals surface area contributed by atoms with Crippen molar-refractivity contribution in [1.82, 2.24) is 20.1 Å². The first-order valence-corrected chi connectivity index (χ1v) is 8.23. The van der Waals surface area contributed by atoms with E-state index in [0.29, 0.717) is 17.3 Å². The van der Waals surface area contributed by atoms with Crippen molar-refractivity contribution in [3.63, 3.8) is 0 Å². The molecule has 0 saturated carbocycles. The summed E-state index contributed by atoms with van der Waals surface area (Å²) in [5.74, 6) is -1.53. The molecule has 0 spiro atoms. The predicted molar refractivity (Wildman–Crippen MR) is 90.1 cm³/mol. The minimum absolute atomic E-state index is 0.0780. The van der Waals surface area contributed by atoms with Gasteiger partial charge in [-0.1, -0.05) is 0 Å². The summed E-state index contributed by atoms with van der Waals surface area (Å²) in [5, 5.41) is 16.3. The summed E-state index contributed by atoms with van der Waals surface area (Å²) in [7, 11) is 1.50. The Labute approximate surface area is 147 Å². The summed E-state index contributed by atoms with van der Waals surface area (Å²) in [6, 6.07) is 2.10. The van der Waals surface area contributed by atoms with Gasteiger partial charge >= 0.3 is 5.97 Å². The molecular weight excluding hydrogens is 348 g/mol. The molecule has 1 amide bonds. The zero-order valence-corrected chi connectivity index (χ0v) is 14.8. The molecule has 25 heavy (non-hydrogen) atoms. The first-order valence-electron chi connectivity index (χ1n) is 7.42. The van der Waals surface area contributed by atoms with E-state index in [1.165, 1.54) is 19.2 Å². The van der Waals surface area contributed by atoms with E-state index < -0.39 is 17.9 Å². The van der Waals surface area contributed by atoms with Crippen molar-refractivity contribution in [3.8, 4) is 0 Å². The highest BCUT2D eigenvalue weighted by molar-refractivity contribution is 7.13. The summed E-state index contributed by atoms with van der Waals surface area (Å²) < 4.78 is 6.05. The molecule has 134 valence electrons. The highest BCUT2D eigenvalue weighted by Crippen LogP contribution is 2.23. The number of rotatable bonds is 7. The maximum Gasteiger partial charge on any atom is 0.347 e. The van der Waals surface area contributed by atoms with E-state index >= 15 is 0 Å². The third-order valence-electron chi connectivity index (χ3n) is 3.33. The van der Waals surface area contributed by atoms with Crippen LogP contribution >= 0.6 is 11.3 Å². The fourth-order valence-electron chi connectivity index (χ4n) is 2.04. The van der Waals surface area contributed by atoms with Gasteiger partial charge in [0.05, 0.1) is 24.9 Å². The topological polar surface area (TPSA) is 123 Å². The highest BCUT2D eigenvalue weighted by Gasteiger charge is 2.20. The van der Waals surface area contributed by atoms with E-state index in [0.717, 1.165) is 16.0 Å². The number of carbonyl (C=O) groups excluding carboxylic acids is 1. The zero-order valence-electron chi connectivity index (χ0n) is 14.0. The van der Waals surface area contributed by atoms with Gasteiger partial charge in [-0.05, 0) is 19.9 Å². The van der Waals surface area contributed by atoms with Crippen LogP contribution in [0.2, 0.25) is 0 Å². The lowest BCUT2D eigenvalue weighted by Crippen LogP contribution is -2.31. The van der Waals surface area contributed by atoms with Gasteiger partial charge in [-0.3, -0.25) is 9.59 Å². The quantitative estimate of drug-likeness (QED) is 0.744. The average Bonchev–Trinajstić information content (AvgIpc) is 2.96. The fourth-order valence-corrected chi connectivity index (χ4v) is 2.95. The molecule has 10 heteroatoms. The van der Waals surface area contributed by atoms with Crippen LogP contribution < -0.4 is 10.9 Å². The third-order valence-corrected chi connectivity index (χ3v) is 4.66. The number of nitrogens with one attached hydrogen (secondary N) is 1. The van der Waals surface area contributed by atoms with Crippen LogP contribution in [0.15, 0.2) is 16.9 Å². The van der Waals surface area contributed by atoms with Gasteiger partial charge in [-0.15, -0.1) is 11.3 Å². The van der Waals surface area contributed by atoms with Gasteiger partial charge in [0.25, 0.3) is 11.5 Å². The smallest absolute Gasteiger partial charge is 0.347 e. The number of methoxy groups -OCH3 is 1. The number of carboxylic acid groups (broad SMARTS) is 1. The Hall–Kier alpha value is -2.59. The summed E-state index contributed by atoms with van der Waals surface area (Å²) in [4.78, 5) is 39.4. The van der Waals surface area contributed by atoms with Crippen molar-refractivity contribution in [2.75, 3.05) is 13.7 Å². The minimum Gasteiger partial charge on any atom is -0.477 e. The van der Waals surface area contributed by atoms with Crippen LogP contribution in [-0.4, -0.2) is 45.5 Å². The Kier molecular flexibility index (Phi) is 5.99. The molecule has 9 nitrogen and oxygen atoms in total.